The highest BCUT2D eigenvalue weighted by Crippen LogP contribution is 2.48. The number of carbonyl (C=O) groups excluding carboxylic acids is 1. The van der Waals surface area contributed by atoms with Crippen LogP contribution in [0.25, 0.3) is 22.4 Å². The van der Waals surface area contributed by atoms with Crippen molar-refractivity contribution >= 4 is 28.5 Å². The van der Waals surface area contributed by atoms with Crippen LogP contribution in [0.2, 0.25) is 0 Å². The minimum atomic E-state index is -0.593. The number of nitrogens with zero attached hydrogens (tertiary/aromatic N) is 3. The number of oxazole rings is 1. The van der Waals surface area contributed by atoms with E-state index in [1.807, 2.05) is 46.1 Å². The molecular weight excluding hydrogens is 448 g/mol. The molecule has 3 aromatic rings. The van der Waals surface area contributed by atoms with Gasteiger partial charge >= 0.3 is 6.09 Å². The van der Waals surface area contributed by atoms with Crippen molar-refractivity contribution in [1.82, 2.24) is 15.3 Å². The molecule has 5 rings (SSSR count). The summed E-state index contributed by atoms with van der Waals surface area (Å²) in [6, 6.07) is 2.36. The van der Waals surface area contributed by atoms with Crippen molar-refractivity contribution in [3.8, 4) is 17.3 Å². The van der Waals surface area contributed by atoms with Crippen LogP contribution in [-0.2, 0) is 4.74 Å². The number of hydrogen-bond acceptors (Lipinski definition) is 7. The lowest BCUT2D eigenvalue weighted by Crippen LogP contribution is -2.33. The van der Waals surface area contributed by atoms with E-state index in [-0.39, 0.29) is 5.92 Å². The molecule has 34 heavy (non-hydrogen) atoms. The first-order valence-electron chi connectivity index (χ1n) is 11.7. The van der Waals surface area contributed by atoms with Gasteiger partial charge in [-0.1, -0.05) is 6.08 Å². The number of rotatable bonds is 4. The van der Waals surface area contributed by atoms with E-state index in [1.165, 1.54) is 0 Å². The second-order valence-corrected chi connectivity index (χ2v) is 11.1. The molecule has 0 spiro atoms. The van der Waals surface area contributed by atoms with Gasteiger partial charge in [-0.25, -0.2) is 14.8 Å². The Labute approximate surface area is 202 Å². The molecule has 0 saturated heterocycles. The van der Waals surface area contributed by atoms with Crippen molar-refractivity contribution in [2.45, 2.75) is 77.7 Å². The quantitative estimate of drug-likeness (QED) is 0.455. The normalized spacial score (nSPS) is 18.1. The number of carbonyl (C=O) groups is 1. The molecule has 1 aromatic carbocycles. The lowest BCUT2D eigenvalue weighted by Gasteiger charge is -2.24. The first-order chi connectivity index (χ1) is 16.2. The van der Waals surface area contributed by atoms with Crippen LogP contribution in [0.15, 0.2) is 21.6 Å². The van der Waals surface area contributed by atoms with Crippen molar-refractivity contribution in [3.05, 3.63) is 44.7 Å². The summed E-state index contributed by atoms with van der Waals surface area (Å²) >= 11 is 1.57. The van der Waals surface area contributed by atoms with E-state index in [9.17, 15) is 10.1 Å². The summed E-state index contributed by atoms with van der Waals surface area (Å²) in [7, 11) is 0. The van der Waals surface area contributed by atoms with Gasteiger partial charge in [0, 0.05) is 34.0 Å². The number of ether oxygens (including phenoxy) is 1. The maximum absolute atomic E-state index is 12.6. The van der Waals surface area contributed by atoms with E-state index in [0.717, 1.165) is 58.8 Å². The molecular formula is C26H28N4O3S. The summed E-state index contributed by atoms with van der Waals surface area (Å²) in [4.78, 5) is 22.2. The second kappa shape index (κ2) is 8.24. The lowest BCUT2D eigenvalue weighted by molar-refractivity contribution is 0.0543. The summed E-state index contributed by atoms with van der Waals surface area (Å²) in [5, 5.41) is 16.0. The molecule has 0 aliphatic heterocycles. The van der Waals surface area contributed by atoms with Crippen LogP contribution in [-0.4, -0.2) is 21.7 Å². The first-order valence-corrected chi connectivity index (χ1v) is 12.5. The van der Waals surface area contributed by atoms with Crippen molar-refractivity contribution in [2.24, 2.45) is 0 Å². The predicted molar refractivity (Wildman–Crippen MR) is 131 cm³/mol. The van der Waals surface area contributed by atoms with E-state index < -0.39 is 11.7 Å². The topological polar surface area (TPSA) is 101 Å². The third-order valence-electron chi connectivity index (χ3n) is 6.25. The average Bonchev–Trinajstić information content (AvgIpc) is 3.12. The Hall–Kier alpha value is -3.18. The lowest BCUT2D eigenvalue weighted by atomic mass is 9.85. The summed E-state index contributed by atoms with van der Waals surface area (Å²) in [5.41, 5.74) is 5.47. The van der Waals surface area contributed by atoms with Gasteiger partial charge < -0.3 is 9.15 Å². The van der Waals surface area contributed by atoms with Gasteiger partial charge in [-0.2, -0.15) is 5.26 Å². The Balaban J connectivity index is 1.69. The van der Waals surface area contributed by atoms with Crippen LogP contribution in [0.4, 0.5) is 4.79 Å². The van der Waals surface area contributed by atoms with E-state index in [4.69, 9.17) is 19.1 Å². The monoisotopic (exact) mass is 476 g/mol. The zero-order chi connectivity index (χ0) is 24.2. The molecule has 1 N–H and O–H groups in total. The third kappa shape index (κ3) is 4.09. The molecule has 0 radical (unpaired) electrons. The number of nitrogens with one attached hydrogen (secondary N) is 1. The highest BCUT2D eigenvalue weighted by atomic mass is 32.1. The Bertz CT molecular complexity index is 1370. The fraction of sp³-hybridized carbons (Fsp3) is 0.462. The van der Waals surface area contributed by atoms with Gasteiger partial charge in [-0.05, 0) is 65.9 Å². The molecule has 8 heteroatoms. The molecule has 1 saturated carbocycles. The zero-order valence-electron chi connectivity index (χ0n) is 20.1. The van der Waals surface area contributed by atoms with Crippen LogP contribution < -0.4 is 5.32 Å². The maximum atomic E-state index is 12.6. The summed E-state index contributed by atoms with van der Waals surface area (Å²) < 4.78 is 11.9. The fourth-order valence-electron chi connectivity index (χ4n) is 4.65. The summed E-state index contributed by atoms with van der Waals surface area (Å²) in [6.45, 7) is 9.46. The molecule has 1 fully saturated rings. The molecule has 2 heterocycles. The number of aryl methyl sites for hydroxylation is 1. The number of alkyl carbamates (subject to hydrolysis) is 1. The van der Waals surface area contributed by atoms with Crippen molar-refractivity contribution in [1.29, 1.82) is 5.26 Å². The molecule has 1 unspecified atom stereocenters. The van der Waals surface area contributed by atoms with Gasteiger partial charge in [0.25, 0.3) is 0 Å². The Kier molecular flexibility index (Phi) is 5.48. The van der Waals surface area contributed by atoms with E-state index in [1.54, 1.807) is 11.3 Å². The molecule has 176 valence electrons. The largest absolute Gasteiger partial charge is 0.444 e. The van der Waals surface area contributed by atoms with Crippen LogP contribution in [0.3, 0.4) is 0 Å². The summed E-state index contributed by atoms with van der Waals surface area (Å²) in [5.74, 6) is 0.886. The fourth-order valence-corrected chi connectivity index (χ4v) is 5.26. The molecule has 1 atom stereocenters. The first kappa shape index (κ1) is 22.6. The van der Waals surface area contributed by atoms with Gasteiger partial charge in [0.05, 0.1) is 16.3 Å². The Morgan fingerprint density at radius 2 is 2.03 bits per heavy atom. The third-order valence-corrected chi connectivity index (χ3v) is 7.02. The average molecular weight is 477 g/mol. The number of hydrogen-bond donors (Lipinski definition) is 1. The van der Waals surface area contributed by atoms with Crippen LogP contribution in [0.5, 0.6) is 0 Å². The molecule has 2 aliphatic rings. The SMILES string of the molecule is Cc1nc(-c2c(C)c(C#N)c3nc(C4CC4)oc3c2C2CCC=C2NC(=O)OC(C)(C)C)cs1. The van der Waals surface area contributed by atoms with E-state index in [0.29, 0.717) is 28.5 Å². The highest BCUT2D eigenvalue weighted by Gasteiger charge is 2.36. The molecule has 0 bridgehead atoms. The van der Waals surface area contributed by atoms with Crippen molar-refractivity contribution in [3.63, 3.8) is 0 Å². The van der Waals surface area contributed by atoms with E-state index >= 15 is 0 Å². The van der Waals surface area contributed by atoms with Gasteiger partial charge in [0.15, 0.2) is 11.5 Å². The Morgan fingerprint density at radius 3 is 2.65 bits per heavy atom. The standard InChI is InChI=1S/C26H28N4O3S/c1-13-17(11-27)22-23(32-24(30-22)15-9-10-15)21(20(13)19-12-34-14(2)28-19)16-7-6-8-18(16)29-25(31)33-26(3,4)5/h8,12,15-16H,6-7,9-10H2,1-5H3,(H,29,31). The Morgan fingerprint density at radius 1 is 1.26 bits per heavy atom. The van der Waals surface area contributed by atoms with Crippen LogP contribution in [0, 0.1) is 25.2 Å². The van der Waals surface area contributed by atoms with Gasteiger partial charge in [-0.15, -0.1) is 11.3 Å². The van der Waals surface area contributed by atoms with E-state index in [2.05, 4.69) is 11.4 Å². The van der Waals surface area contributed by atoms with Gasteiger partial charge in [0.2, 0.25) is 0 Å². The van der Waals surface area contributed by atoms with Crippen LogP contribution in [0.1, 0.15) is 85.9 Å². The van der Waals surface area contributed by atoms with Gasteiger partial charge in [0.1, 0.15) is 17.2 Å². The van der Waals surface area contributed by atoms with Gasteiger partial charge in [-0.3, -0.25) is 5.32 Å². The molecule has 1 amide bonds. The highest BCUT2D eigenvalue weighted by molar-refractivity contribution is 7.09. The second-order valence-electron chi connectivity index (χ2n) is 10.1. The number of allylic oxidation sites excluding steroid dienone is 2. The predicted octanol–water partition coefficient (Wildman–Crippen LogP) is 6.60. The molecule has 2 aromatic heterocycles. The molecule has 7 nitrogen and oxygen atoms in total. The zero-order valence-corrected chi connectivity index (χ0v) is 20.9. The smallest absolute Gasteiger partial charge is 0.411 e. The number of amides is 1. The number of benzene rings is 1. The number of fused-ring (bicyclic) bond motifs is 1. The van der Waals surface area contributed by atoms with Crippen molar-refractivity contribution < 1.29 is 13.9 Å². The molecule has 2 aliphatic carbocycles. The maximum Gasteiger partial charge on any atom is 0.411 e. The summed E-state index contributed by atoms with van der Waals surface area (Å²) in [6.07, 6.45) is 5.29. The number of thiazole rings is 1. The van der Waals surface area contributed by atoms with Crippen molar-refractivity contribution in [2.75, 3.05) is 0 Å². The minimum absolute atomic E-state index is 0.126. The number of aromatic nitrogens is 2. The number of nitriles is 1. The van der Waals surface area contributed by atoms with Crippen LogP contribution >= 0.6 is 11.3 Å². The minimum Gasteiger partial charge on any atom is -0.444 e.